The van der Waals surface area contributed by atoms with Crippen molar-refractivity contribution in [3.8, 4) is 5.75 Å². The van der Waals surface area contributed by atoms with E-state index in [1.165, 1.54) is 6.42 Å². The summed E-state index contributed by atoms with van der Waals surface area (Å²) in [7, 11) is 0. The quantitative estimate of drug-likeness (QED) is 0.593. The van der Waals surface area contributed by atoms with E-state index in [0.29, 0.717) is 28.9 Å². The topological polar surface area (TPSA) is 54.7 Å². The Balaban J connectivity index is 1.42. The third kappa shape index (κ3) is 3.97. The van der Waals surface area contributed by atoms with Gasteiger partial charge in [0, 0.05) is 12.1 Å². The van der Waals surface area contributed by atoms with Gasteiger partial charge < -0.3 is 14.5 Å². The van der Waals surface area contributed by atoms with Gasteiger partial charge in [0.05, 0.1) is 0 Å². The van der Waals surface area contributed by atoms with Crippen LogP contribution in [0.1, 0.15) is 49.2 Å². The Morgan fingerprint density at radius 3 is 2.79 bits per heavy atom. The summed E-state index contributed by atoms with van der Waals surface area (Å²) in [6.07, 6.45) is 7.29. The fourth-order valence-corrected chi connectivity index (χ4v) is 4.12. The molecule has 1 N–H and O–H groups in total. The van der Waals surface area contributed by atoms with Gasteiger partial charge in [-0.2, -0.15) is 0 Å². The number of para-hydroxylation sites is 1. The van der Waals surface area contributed by atoms with Crippen LogP contribution in [0.25, 0.3) is 6.08 Å². The molecular weight excluding hydrogens is 372 g/mol. The van der Waals surface area contributed by atoms with Gasteiger partial charge in [-0.3, -0.25) is 9.69 Å². The minimum absolute atomic E-state index is 0.0639. The zero-order valence-corrected chi connectivity index (χ0v) is 16.8. The maximum Gasteiger partial charge on any atom is 0.276 e. The third-order valence-electron chi connectivity index (χ3n) is 5.28. The lowest BCUT2D eigenvalue weighted by Gasteiger charge is -2.29. The molecule has 1 amide bonds. The van der Waals surface area contributed by atoms with E-state index in [2.05, 4.69) is 5.32 Å². The van der Waals surface area contributed by atoms with E-state index in [4.69, 9.17) is 21.4 Å². The van der Waals surface area contributed by atoms with E-state index in [1.54, 1.807) is 11.0 Å². The summed E-state index contributed by atoms with van der Waals surface area (Å²) in [5, 5.41) is 3.55. The molecule has 1 saturated carbocycles. The van der Waals surface area contributed by atoms with Gasteiger partial charge in [0.25, 0.3) is 5.91 Å². The molecule has 2 fully saturated rings. The van der Waals surface area contributed by atoms with Gasteiger partial charge in [0.1, 0.15) is 29.6 Å². The molecule has 28 heavy (non-hydrogen) atoms. The van der Waals surface area contributed by atoms with Crippen LogP contribution >= 0.6 is 12.2 Å². The van der Waals surface area contributed by atoms with Gasteiger partial charge in [-0.1, -0.05) is 37.5 Å². The van der Waals surface area contributed by atoms with Gasteiger partial charge >= 0.3 is 0 Å². The number of aryl methyl sites for hydroxylation is 1. The van der Waals surface area contributed by atoms with Crippen LogP contribution in [0, 0.1) is 6.92 Å². The second-order valence-corrected chi connectivity index (χ2v) is 7.70. The summed E-state index contributed by atoms with van der Waals surface area (Å²) in [5.41, 5.74) is 1.55. The predicted octanol–water partition coefficient (Wildman–Crippen LogP) is 4.56. The van der Waals surface area contributed by atoms with Crippen molar-refractivity contribution >= 4 is 29.3 Å². The van der Waals surface area contributed by atoms with Crippen molar-refractivity contribution in [2.75, 3.05) is 0 Å². The Bertz CT molecular complexity index is 912. The number of amides is 1. The highest BCUT2D eigenvalue weighted by atomic mass is 32.1. The van der Waals surface area contributed by atoms with Crippen LogP contribution in [0.5, 0.6) is 5.75 Å². The average molecular weight is 397 g/mol. The van der Waals surface area contributed by atoms with Crippen LogP contribution in [0.4, 0.5) is 0 Å². The van der Waals surface area contributed by atoms with Crippen LogP contribution < -0.4 is 10.1 Å². The van der Waals surface area contributed by atoms with Crippen molar-refractivity contribution in [2.45, 2.75) is 51.7 Å². The fraction of sp³-hybridized carbons (Fsp3) is 0.364. The van der Waals surface area contributed by atoms with Gasteiger partial charge in [0.2, 0.25) is 0 Å². The van der Waals surface area contributed by atoms with Crippen molar-refractivity contribution in [2.24, 2.45) is 0 Å². The minimum Gasteiger partial charge on any atom is -0.485 e. The highest BCUT2D eigenvalue weighted by Crippen LogP contribution is 2.27. The van der Waals surface area contributed by atoms with Crippen LogP contribution in [-0.2, 0) is 11.4 Å². The summed E-state index contributed by atoms with van der Waals surface area (Å²) in [5.74, 6) is 2.07. The Morgan fingerprint density at radius 2 is 2.00 bits per heavy atom. The summed E-state index contributed by atoms with van der Waals surface area (Å²) in [6.45, 7) is 2.34. The number of hydrogen-bond acceptors (Lipinski definition) is 4. The lowest BCUT2D eigenvalue weighted by Crippen LogP contribution is -2.41. The summed E-state index contributed by atoms with van der Waals surface area (Å²) >= 11 is 5.41. The number of ether oxygens (including phenoxy) is 1. The van der Waals surface area contributed by atoms with Crippen molar-refractivity contribution < 1.29 is 13.9 Å². The zero-order chi connectivity index (χ0) is 19.5. The molecule has 0 bridgehead atoms. The van der Waals surface area contributed by atoms with Gasteiger partial charge in [-0.25, -0.2) is 0 Å². The number of rotatable bonds is 5. The molecule has 0 spiro atoms. The second-order valence-electron chi connectivity index (χ2n) is 7.31. The second kappa shape index (κ2) is 8.19. The largest absolute Gasteiger partial charge is 0.485 e. The maximum atomic E-state index is 12.8. The highest BCUT2D eigenvalue weighted by molar-refractivity contribution is 7.80. The molecule has 0 atom stereocenters. The Kier molecular flexibility index (Phi) is 5.48. The van der Waals surface area contributed by atoms with Crippen LogP contribution in [0.2, 0.25) is 0 Å². The standard InChI is InChI=1S/C22H24N2O3S/c1-15-7-5-6-10-20(15)26-14-18-12-11-17(27-18)13-19-21(25)24(22(28)23-19)16-8-3-2-4-9-16/h5-7,10-13,16H,2-4,8-9,14H2,1H3,(H,23,28)/b19-13+. The molecule has 6 heteroatoms. The first kappa shape index (κ1) is 18.7. The monoisotopic (exact) mass is 396 g/mol. The molecule has 2 aliphatic rings. The van der Waals surface area contributed by atoms with Crippen molar-refractivity contribution in [3.63, 3.8) is 0 Å². The fourth-order valence-electron chi connectivity index (χ4n) is 3.78. The molecule has 0 radical (unpaired) electrons. The SMILES string of the molecule is Cc1ccccc1OCc1ccc(/C=C2/NC(=S)N(C3CCCCC3)C2=O)o1. The molecule has 2 aromatic rings. The smallest absolute Gasteiger partial charge is 0.276 e. The lowest BCUT2D eigenvalue weighted by molar-refractivity contribution is -0.124. The summed E-state index contributed by atoms with van der Waals surface area (Å²) in [4.78, 5) is 14.6. The number of furan rings is 1. The molecule has 1 aliphatic heterocycles. The number of thiocarbonyl (C=S) groups is 1. The van der Waals surface area contributed by atoms with Crippen molar-refractivity contribution in [3.05, 3.63) is 59.2 Å². The number of carbonyl (C=O) groups excluding carboxylic acids is 1. The Morgan fingerprint density at radius 1 is 1.21 bits per heavy atom. The molecule has 146 valence electrons. The third-order valence-corrected chi connectivity index (χ3v) is 5.58. The first-order chi connectivity index (χ1) is 13.6. The normalized spacial score (nSPS) is 19.3. The van der Waals surface area contributed by atoms with E-state index in [0.717, 1.165) is 37.0 Å². The van der Waals surface area contributed by atoms with Crippen LogP contribution in [0.15, 0.2) is 46.5 Å². The molecule has 1 saturated heterocycles. The number of nitrogens with zero attached hydrogens (tertiary/aromatic N) is 1. The van der Waals surface area contributed by atoms with E-state index in [1.807, 2.05) is 43.3 Å². The minimum atomic E-state index is -0.0639. The Labute approximate surface area is 170 Å². The Hall–Kier alpha value is -2.60. The van der Waals surface area contributed by atoms with E-state index >= 15 is 0 Å². The molecule has 4 rings (SSSR count). The van der Waals surface area contributed by atoms with Gasteiger partial charge in [0.15, 0.2) is 5.11 Å². The van der Waals surface area contributed by atoms with E-state index < -0.39 is 0 Å². The summed E-state index contributed by atoms with van der Waals surface area (Å²) < 4.78 is 11.6. The first-order valence-electron chi connectivity index (χ1n) is 9.75. The average Bonchev–Trinajstić information content (AvgIpc) is 3.26. The van der Waals surface area contributed by atoms with Gasteiger partial charge in [-0.15, -0.1) is 0 Å². The number of hydrogen-bond donors (Lipinski definition) is 1. The van der Waals surface area contributed by atoms with E-state index in [9.17, 15) is 4.79 Å². The molecule has 5 nitrogen and oxygen atoms in total. The maximum absolute atomic E-state index is 12.8. The zero-order valence-electron chi connectivity index (χ0n) is 15.9. The first-order valence-corrected chi connectivity index (χ1v) is 10.2. The van der Waals surface area contributed by atoms with Gasteiger partial charge in [-0.05, 0) is 55.7 Å². The van der Waals surface area contributed by atoms with Crippen molar-refractivity contribution in [1.29, 1.82) is 0 Å². The molecule has 0 unspecified atom stereocenters. The molecule has 1 aromatic carbocycles. The summed E-state index contributed by atoms with van der Waals surface area (Å²) in [6, 6.07) is 11.8. The van der Waals surface area contributed by atoms with E-state index in [-0.39, 0.29) is 11.9 Å². The molecule has 2 heterocycles. The number of benzene rings is 1. The number of carbonyl (C=O) groups is 1. The lowest BCUT2D eigenvalue weighted by atomic mass is 9.94. The van der Waals surface area contributed by atoms with Crippen LogP contribution in [0.3, 0.4) is 0 Å². The van der Waals surface area contributed by atoms with Crippen molar-refractivity contribution in [1.82, 2.24) is 10.2 Å². The molecule has 1 aliphatic carbocycles. The van der Waals surface area contributed by atoms with Crippen LogP contribution in [-0.4, -0.2) is 22.0 Å². The molecule has 1 aromatic heterocycles. The predicted molar refractivity (Wildman–Crippen MR) is 112 cm³/mol. The highest BCUT2D eigenvalue weighted by Gasteiger charge is 2.36. The number of nitrogens with one attached hydrogen (secondary N) is 1. The molecular formula is C22H24N2O3S.